The molecule has 0 radical (unpaired) electrons. The lowest BCUT2D eigenvalue weighted by atomic mass is 10.3. The van der Waals surface area contributed by atoms with Gasteiger partial charge in [-0.15, -0.1) is 0 Å². The zero-order valence-electron chi connectivity index (χ0n) is 9.61. The quantitative estimate of drug-likeness (QED) is 0.642. The van der Waals surface area contributed by atoms with Gasteiger partial charge in [0, 0.05) is 39.3 Å². The number of amides is 2. The molecule has 0 atom stereocenters. The molecule has 2 rings (SSSR count). The van der Waals surface area contributed by atoms with Crippen molar-refractivity contribution in [3.63, 3.8) is 0 Å². The van der Waals surface area contributed by atoms with E-state index in [1.807, 2.05) is 9.80 Å². The lowest BCUT2D eigenvalue weighted by molar-refractivity contribution is 0.121. The summed E-state index contributed by atoms with van der Waals surface area (Å²) in [5.41, 5.74) is 0. The maximum atomic E-state index is 12.0. The van der Waals surface area contributed by atoms with E-state index in [0.29, 0.717) is 0 Å². The van der Waals surface area contributed by atoms with Crippen molar-refractivity contribution in [2.45, 2.75) is 19.8 Å². The Kier molecular flexibility index (Phi) is 3.46. The highest BCUT2D eigenvalue weighted by Gasteiger charge is 2.26. The summed E-state index contributed by atoms with van der Waals surface area (Å²) in [4.78, 5) is 18.4. The number of carbonyl (C=O) groups excluding carboxylic acids is 1. The minimum absolute atomic E-state index is 0.267. The molecule has 2 fully saturated rings. The third-order valence-electron chi connectivity index (χ3n) is 3.47. The number of piperazine rings is 1. The molecule has 15 heavy (non-hydrogen) atoms. The summed E-state index contributed by atoms with van der Waals surface area (Å²) in [6.45, 7) is 9.10. The standard InChI is InChI=1S/C11H21N3O/c1-2-12-7-9-14(10-8-12)11(15)13-5-3-4-6-13/h2-10H2,1H3. The predicted molar refractivity (Wildman–Crippen MR) is 59.9 cm³/mol. The van der Waals surface area contributed by atoms with Gasteiger partial charge in [0.1, 0.15) is 0 Å². The van der Waals surface area contributed by atoms with Crippen molar-refractivity contribution in [1.29, 1.82) is 0 Å². The van der Waals surface area contributed by atoms with Crippen LogP contribution in [0.1, 0.15) is 19.8 Å². The maximum Gasteiger partial charge on any atom is 0.320 e. The van der Waals surface area contributed by atoms with Crippen LogP contribution in [0.5, 0.6) is 0 Å². The van der Waals surface area contributed by atoms with Crippen molar-refractivity contribution in [2.75, 3.05) is 45.8 Å². The monoisotopic (exact) mass is 211 g/mol. The van der Waals surface area contributed by atoms with Crippen LogP contribution in [0.2, 0.25) is 0 Å². The summed E-state index contributed by atoms with van der Waals surface area (Å²) >= 11 is 0. The first-order valence-corrected chi connectivity index (χ1v) is 6.07. The SMILES string of the molecule is CCN1CCN(C(=O)N2CCCC2)CC1. The van der Waals surface area contributed by atoms with Crippen molar-refractivity contribution in [1.82, 2.24) is 14.7 Å². The smallest absolute Gasteiger partial charge is 0.320 e. The molecule has 0 aliphatic carbocycles. The van der Waals surface area contributed by atoms with E-state index in [0.717, 1.165) is 45.8 Å². The molecule has 0 bridgehead atoms. The second-order valence-electron chi connectivity index (χ2n) is 4.40. The molecule has 0 aromatic rings. The normalized spacial score (nSPS) is 23.5. The van der Waals surface area contributed by atoms with Gasteiger partial charge >= 0.3 is 6.03 Å². The fraction of sp³-hybridized carbons (Fsp3) is 0.909. The number of rotatable bonds is 1. The van der Waals surface area contributed by atoms with E-state index in [1.54, 1.807) is 0 Å². The van der Waals surface area contributed by atoms with Crippen LogP contribution in [0.3, 0.4) is 0 Å². The Morgan fingerprint density at radius 3 is 2.00 bits per heavy atom. The van der Waals surface area contributed by atoms with Gasteiger partial charge in [0.15, 0.2) is 0 Å². The largest absolute Gasteiger partial charge is 0.325 e. The third kappa shape index (κ3) is 2.43. The number of nitrogens with zero attached hydrogens (tertiary/aromatic N) is 3. The molecule has 2 aliphatic rings. The Morgan fingerprint density at radius 1 is 0.933 bits per heavy atom. The Balaban J connectivity index is 1.81. The minimum Gasteiger partial charge on any atom is -0.325 e. The Labute approximate surface area is 91.8 Å². The molecule has 4 nitrogen and oxygen atoms in total. The van der Waals surface area contributed by atoms with Crippen LogP contribution in [0.15, 0.2) is 0 Å². The van der Waals surface area contributed by atoms with E-state index < -0.39 is 0 Å². The highest BCUT2D eigenvalue weighted by molar-refractivity contribution is 5.74. The van der Waals surface area contributed by atoms with E-state index >= 15 is 0 Å². The van der Waals surface area contributed by atoms with Crippen LogP contribution in [-0.2, 0) is 0 Å². The fourth-order valence-electron chi connectivity index (χ4n) is 2.36. The average molecular weight is 211 g/mol. The van der Waals surface area contributed by atoms with Crippen molar-refractivity contribution >= 4 is 6.03 Å². The molecule has 4 heteroatoms. The van der Waals surface area contributed by atoms with Gasteiger partial charge in [0.05, 0.1) is 0 Å². The number of urea groups is 1. The molecule has 0 aromatic heterocycles. The second kappa shape index (κ2) is 4.84. The van der Waals surface area contributed by atoms with Crippen molar-refractivity contribution in [3.8, 4) is 0 Å². The molecular formula is C11H21N3O. The number of hydrogen-bond donors (Lipinski definition) is 0. The van der Waals surface area contributed by atoms with Crippen LogP contribution in [-0.4, -0.2) is 66.5 Å². The third-order valence-corrected chi connectivity index (χ3v) is 3.47. The molecule has 2 heterocycles. The van der Waals surface area contributed by atoms with Crippen LogP contribution in [0.25, 0.3) is 0 Å². The van der Waals surface area contributed by atoms with Crippen molar-refractivity contribution < 1.29 is 4.79 Å². The summed E-state index contributed by atoms with van der Waals surface area (Å²) in [5.74, 6) is 0. The highest BCUT2D eigenvalue weighted by atomic mass is 16.2. The summed E-state index contributed by atoms with van der Waals surface area (Å²) in [5, 5.41) is 0. The van der Waals surface area contributed by atoms with E-state index in [2.05, 4.69) is 11.8 Å². The van der Waals surface area contributed by atoms with Crippen molar-refractivity contribution in [2.24, 2.45) is 0 Å². The van der Waals surface area contributed by atoms with E-state index in [-0.39, 0.29) is 6.03 Å². The van der Waals surface area contributed by atoms with Gasteiger partial charge in [0.2, 0.25) is 0 Å². The molecule has 2 amide bonds. The molecule has 0 N–H and O–H groups in total. The van der Waals surface area contributed by atoms with Gasteiger partial charge < -0.3 is 14.7 Å². The first-order valence-electron chi connectivity index (χ1n) is 6.07. The average Bonchev–Trinajstić information content (AvgIpc) is 2.82. The highest BCUT2D eigenvalue weighted by Crippen LogP contribution is 2.12. The maximum absolute atomic E-state index is 12.0. The Hall–Kier alpha value is -0.770. The molecule has 0 spiro atoms. The molecule has 86 valence electrons. The minimum atomic E-state index is 0.267. The molecule has 2 aliphatic heterocycles. The Bertz CT molecular complexity index is 218. The first kappa shape index (κ1) is 10.7. The fourth-order valence-corrected chi connectivity index (χ4v) is 2.36. The summed E-state index contributed by atoms with van der Waals surface area (Å²) in [7, 11) is 0. The Morgan fingerprint density at radius 2 is 1.47 bits per heavy atom. The van der Waals surface area contributed by atoms with Gasteiger partial charge in [-0.3, -0.25) is 0 Å². The first-order chi connectivity index (χ1) is 7.31. The van der Waals surface area contributed by atoms with Crippen LogP contribution in [0.4, 0.5) is 4.79 Å². The van der Waals surface area contributed by atoms with Crippen molar-refractivity contribution in [3.05, 3.63) is 0 Å². The number of carbonyl (C=O) groups is 1. The summed E-state index contributed by atoms with van der Waals surface area (Å²) in [6, 6.07) is 0.267. The van der Waals surface area contributed by atoms with E-state index in [4.69, 9.17) is 0 Å². The van der Waals surface area contributed by atoms with E-state index in [9.17, 15) is 4.79 Å². The number of hydrogen-bond acceptors (Lipinski definition) is 2. The van der Waals surface area contributed by atoms with Gasteiger partial charge in [-0.2, -0.15) is 0 Å². The zero-order valence-corrected chi connectivity index (χ0v) is 9.61. The summed E-state index contributed by atoms with van der Waals surface area (Å²) in [6.07, 6.45) is 2.36. The molecule has 0 unspecified atom stereocenters. The number of likely N-dealkylation sites (tertiary alicyclic amines) is 1. The topological polar surface area (TPSA) is 26.8 Å². The summed E-state index contributed by atoms with van der Waals surface area (Å²) < 4.78 is 0. The number of likely N-dealkylation sites (N-methyl/N-ethyl adjacent to an activating group) is 1. The van der Waals surface area contributed by atoms with Gasteiger partial charge in [-0.05, 0) is 19.4 Å². The molecule has 2 saturated heterocycles. The predicted octanol–water partition coefficient (Wildman–Crippen LogP) is 0.840. The van der Waals surface area contributed by atoms with Crippen LogP contribution < -0.4 is 0 Å². The molecule has 0 aromatic carbocycles. The van der Waals surface area contributed by atoms with E-state index in [1.165, 1.54) is 12.8 Å². The second-order valence-corrected chi connectivity index (χ2v) is 4.40. The lowest BCUT2D eigenvalue weighted by Crippen LogP contribution is -2.52. The molecule has 0 saturated carbocycles. The zero-order chi connectivity index (χ0) is 10.7. The lowest BCUT2D eigenvalue weighted by Gasteiger charge is -2.36. The molecular weight excluding hydrogens is 190 g/mol. The van der Waals surface area contributed by atoms with Gasteiger partial charge in [-0.1, -0.05) is 6.92 Å². The van der Waals surface area contributed by atoms with Crippen LogP contribution >= 0.6 is 0 Å². The van der Waals surface area contributed by atoms with Gasteiger partial charge in [-0.25, -0.2) is 4.79 Å². The van der Waals surface area contributed by atoms with Gasteiger partial charge in [0.25, 0.3) is 0 Å². The van der Waals surface area contributed by atoms with Crippen LogP contribution in [0, 0.1) is 0 Å².